The summed E-state index contributed by atoms with van der Waals surface area (Å²) in [6.45, 7) is 6.43. The van der Waals surface area contributed by atoms with Gasteiger partial charge in [0, 0.05) is 38.3 Å². The Hall–Kier alpha value is -2.75. The van der Waals surface area contributed by atoms with Crippen molar-refractivity contribution in [1.82, 2.24) is 10.2 Å². The van der Waals surface area contributed by atoms with Crippen LogP contribution in [0.1, 0.15) is 20.3 Å². The van der Waals surface area contributed by atoms with Crippen molar-refractivity contribution in [2.24, 2.45) is 0 Å². The van der Waals surface area contributed by atoms with E-state index in [-0.39, 0.29) is 23.3 Å². The first-order chi connectivity index (χ1) is 12.3. The minimum absolute atomic E-state index is 0.0332. The Morgan fingerprint density at radius 2 is 1.85 bits per heavy atom. The van der Waals surface area contributed by atoms with Gasteiger partial charge in [0.2, 0.25) is 5.91 Å². The fourth-order valence-electron chi connectivity index (χ4n) is 2.81. The largest absolute Gasteiger partial charge is 0.363 e. The zero-order valence-electron chi connectivity index (χ0n) is 14.9. The maximum atomic E-state index is 12.0. The van der Waals surface area contributed by atoms with Gasteiger partial charge in [0.1, 0.15) is 5.69 Å². The number of non-ortho nitro benzene ring substituents is 1. The third-order valence-corrected chi connectivity index (χ3v) is 4.47. The predicted molar refractivity (Wildman–Crippen MR) is 96.3 cm³/mol. The van der Waals surface area contributed by atoms with Crippen molar-refractivity contribution in [2.45, 2.75) is 26.3 Å². The van der Waals surface area contributed by atoms with Gasteiger partial charge in [0.15, 0.2) is 0 Å². The number of anilines is 1. The molecule has 10 nitrogen and oxygen atoms in total. The van der Waals surface area contributed by atoms with Gasteiger partial charge in [-0.15, -0.1) is 0 Å². The van der Waals surface area contributed by atoms with Crippen LogP contribution >= 0.6 is 0 Å². The standard InChI is InChI=1S/C16H23N5O5/c1-3-12(2)17-16(22)11-18-6-8-19(9-7-18)14-5-4-13(20(23)24)10-15(14)21(25)26/h4-5,10,12H,3,6-9,11H2,1-2H3,(H,17,22). The normalized spacial score (nSPS) is 16.2. The second-order valence-electron chi connectivity index (χ2n) is 6.33. The lowest BCUT2D eigenvalue weighted by Gasteiger charge is -2.35. The maximum absolute atomic E-state index is 12.0. The minimum Gasteiger partial charge on any atom is -0.363 e. The van der Waals surface area contributed by atoms with E-state index in [1.54, 1.807) is 0 Å². The van der Waals surface area contributed by atoms with E-state index in [1.165, 1.54) is 12.1 Å². The van der Waals surface area contributed by atoms with Crippen LogP contribution in [-0.4, -0.2) is 59.4 Å². The van der Waals surface area contributed by atoms with Gasteiger partial charge >= 0.3 is 0 Å². The number of nitrogens with one attached hydrogen (secondary N) is 1. The lowest BCUT2D eigenvalue weighted by atomic mass is 10.2. The SMILES string of the molecule is CCC(C)NC(=O)CN1CCN(c2ccc([N+](=O)[O-])cc2[N+](=O)[O-])CC1. The number of carbonyl (C=O) groups excluding carboxylic acids is 1. The molecular weight excluding hydrogens is 342 g/mol. The summed E-state index contributed by atoms with van der Waals surface area (Å²) in [5.41, 5.74) is -0.215. The van der Waals surface area contributed by atoms with Gasteiger partial charge in [-0.25, -0.2) is 0 Å². The molecule has 1 unspecified atom stereocenters. The van der Waals surface area contributed by atoms with Crippen molar-refractivity contribution in [1.29, 1.82) is 0 Å². The predicted octanol–water partition coefficient (Wildman–Crippen LogP) is 1.54. The molecule has 1 atom stereocenters. The van der Waals surface area contributed by atoms with E-state index in [4.69, 9.17) is 0 Å². The molecule has 26 heavy (non-hydrogen) atoms. The summed E-state index contributed by atoms with van der Waals surface area (Å²) in [6.07, 6.45) is 0.864. The number of rotatable bonds is 7. The van der Waals surface area contributed by atoms with Crippen molar-refractivity contribution in [2.75, 3.05) is 37.6 Å². The third-order valence-electron chi connectivity index (χ3n) is 4.47. The van der Waals surface area contributed by atoms with Crippen LogP contribution in [0.15, 0.2) is 18.2 Å². The number of hydrogen-bond acceptors (Lipinski definition) is 7. The average Bonchev–Trinajstić information content (AvgIpc) is 2.61. The van der Waals surface area contributed by atoms with Crippen LogP contribution in [0.3, 0.4) is 0 Å². The Kier molecular flexibility index (Phi) is 6.45. The maximum Gasteiger partial charge on any atom is 0.299 e. The lowest BCUT2D eigenvalue weighted by Crippen LogP contribution is -2.50. The summed E-state index contributed by atoms with van der Waals surface area (Å²) in [4.78, 5) is 36.6. The quantitative estimate of drug-likeness (QED) is 0.574. The second-order valence-corrected chi connectivity index (χ2v) is 6.33. The molecule has 1 heterocycles. The molecule has 1 aromatic carbocycles. The summed E-state index contributed by atoms with van der Waals surface area (Å²) in [6, 6.07) is 3.81. The number of nitrogens with zero attached hydrogens (tertiary/aromatic N) is 4. The topological polar surface area (TPSA) is 122 Å². The molecule has 0 aliphatic carbocycles. The summed E-state index contributed by atoms with van der Waals surface area (Å²) in [5.74, 6) is -0.0332. The highest BCUT2D eigenvalue weighted by atomic mass is 16.6. The van der Waals surface area contributed by atoms with E-state index in [1.807, 2.05) is 23.6 Å². The smallest absolute Gasteiger partial charge is 0.299 e. The van der Waals surface area contributed by atoms with E-state index < -0.39 is 9.85 Å². The van der Waals surface area contributed by atoms with Gasteiger partial charge in [0.05, 0.1) is 22.5 Å². The molecule has 1 amide bonds. The molecule has 1 aliphatic rings. The molecule has 10 heteroatoms. The van der Waals surface area contributed by atoms with Crippen LogP contribution < -0.4 is 10.2 Å². The van der Waals surface area contributed by atoms with Gasteiger partial charge in [0.25, 0.3) is 11.4 Å². The van der Waals surface area contributed by atoms with Crippen molar-refractivity contribution in [3.8, 4) is 0 Å². The van der Waals surface area contributed by atoms with Gasteiger partial charge in [-0.1, -0.05) is 6.92 Å². The highest BCUT2D eigenvalue weighted by Gasteiger charge is 2.26. The fraction of sp³-hybridized carbons (Fsp3) is 0.562. The molecule has 1 aliphatic heterocycles. The van der Waals surface area contributed by atoms with Crippen LogP contribution in [-0.2, 0) is 4.79 Å². The Morgan fingerprint density at radius 1 is 1.19 bits per heavy atom. The molecule has 142 valence electrons. The summed E-state index contributed by atoms with van der Waals surface area (Å²) < 4.78 is 0. The van der Waals surface area contributed by atoms with Gasteiger partial charge in [-0.3, -0.25) is 29.9 Å². The van der Waals surface area contributed by atoms with Crippen LogP contribution in [0.4, 0.5) is 17.1 Å². The molecule has 2 rings (SSSR count). The average molecular weight is 365 g/mol. The third kappa shape index (κ3) is 4.88. The van der Waals surface area contributed by atoms with Gasteiger partial charge in [-0.2, -0.15) is 0 Å². The van der Waals surface area contributed by atoms with Crippen molar-refractivity contribution in [3.63, 3.8) is 0 Å². The highest BCUT2D eigenvalue weighted by Crippen LogP contribution is 2.32. The first-order valence-electron chi connectivity index (χ1n) is 8.51. The molecule has 0 bridgehead atoms. The molecule has 1 fully saturated rings. The van der Waals surface area contributed by atoms with Crippen molar-refractivity contribution < 1.29 is 14.6 Å². The van der Waals surface area contributed by atoms with Crippen LogP contribution in [0.2, 0.25) is 0 Å². The highest BCUT2D eigenvalue weighted by molar-refractivity contribution is 5.78. The summed E-state index contributed by atoms with van der Waals surface area (Å²) >= 11 is 0. The number of piperazine rings is 1. The zero-order valence-corrected chi connectivity index (χ0v) is 14.9. The van der Waals surface area contributed by atoms with Crippen LogP contribution in [0, 0.1) is 20.2 Å². The molecule has 1 saturated heterocycles. The molecular formula is C16H23N5O5. The fourth-order valence-corrected chi connectivity index (χ4v) is 2.81. The second kappa shape index (κ2) is 8.56. The lowest BCUT2D eigenvalue weighted by molar-refractivity contribution is -0.393. The molecule has 0 radical (unpaired) electrons. The summed E-state index contributed by atoms with van der Waals surface area (Å²) in [5, 5.41) is 25.0. The zero-order chi connectivity index (χ0) is 19.3. The first-order valence-corrected chi connectivity index (χ1v) is 8.51. The molecule has 1 aromatic rings. The number of nitro benzene ring substituents is 2. The van der Waals surface area contributed by atoms with Gasteiger partial charge in [-0.05, 0) is 19.4 Å². The Balaban J connectivity index is 2.00. The number of carbonyl (C=O) groups is 1. The molecule has 0 spiro atoms. The first kappa shape index (κ1) is 19.6. The minimum atomic E-state index is -0.648. The van der Waals surface area contributed by atoms with E-state index in [9.17, 15) is 25.0 Å². The Morgan fingerprint density at radius 3 is 2.38 bits per heavy atom. The Labute approximate surface area is 151 Å². The summed E-state index contributed by atoms with van der Waals surface area (Å²) in [7, 11) is 0. The van der Waals surface area contributed by atoms with E-state index in [0.29, 0.717) is 38.4 Å². The van der Waals surface area contributed by atoms with Crippen LogP contribution in [0.5, 0.6) is 0 Å². The monoisotopic (exact) mass is 365 g/mol. The molecule has 0 saturated carbocycles. The number of nitro groups is 2. The van der Waals surface area contributed by atoms with E-state index in [0.717, 1.165) is 12.5 Å². The number of benzene rings is 1. The van der Waals surface area contributed by atoms with Crippen molar-refractivity contribution >= 4 is 23.0 Å². The molecule has 1 N–H and O–H groups in total. The number of amides is 1. The molecule has 0 aromatic heterocycles. The number of hydrogen-bond donors (Lipinski definition) is 1. The van der Waals surface area contributed by atoms with E-state index in [2.05, 4.69) is 5.32 Å². The van der Waals surface area contributed by atoms with Crippen molar-refractivity contribution in [3.05, 3.63) is 38.4 Å². The van der Waals surface area contributed by atoms with Gasteiger partial charge < -0.3 is 10.2 Å². The van der Waals surface area contributed by atoms with E-state index >= 15 is 0 Å². The van der Waals surface area contributed by atoms with Crippen LogP contribution in [0.25, 0.3) is 0 Å². The Bertz CT molecular complexity index is 688.